The lowest BCUT2D eigenvalue weighted by Crippen LogP contribution is -2.06. The van der Waals surface area contributed by atoms with Crippen LogP contribution >= 0.6 is 0 Å². The minimum Gasteiger partial charge on any atom is -0.398 e. The summed E-state index contributed by atoms with van der Waals surface area (Å²) >= 11 is 0. The standard InChI is InChI=1S/C17H16N2O/c1-10-12(7-5-8-14(10)18)17(20)16-11(2)19-15-9-4-3-6-13(15)16/h3-9,19H,18H2,1-2H3. The zero-order valence-corrected chi connectivity index (χ0v) is 11.5. The lowest BCUT2D eigenvalue weighted by atomic mass is 9.96. The average molecular weight is 264 g/mol. The number of fused-ring (bicyclic) bond motifs is 1. The molecule has 0 saturated carbocycles. The van der Waals surface area contributed by atoms with Crippen LogP contribution in [0.3, 0.4) is 0 Å². The molecule has 1 heterocycles. The summed E-state index contributed by atoms with van der Waals surface area (Å²) in [6, 6.07) is 13.3. The number of nitrogens with one attached hydrogen (secondary N) is 1. The number of H-pyrrole nitrogens is 1. The van der Waals surface area contributed by atoms with E-state index in [1.54, 1.807) is 0 Å². The molecular formula is C17H16N2O. The fourth-order valence-corrected chi connectivity index (χ4v) is 2.60. The summed E-state index contributed by atoms with van der Waals surface area (Å²) in [6.07, 6.45) is 0. The van der Waals surface area contributed by atoms with Crippen molar-refractivity contribution in [1.29, 1.82) is 0 Å². The van der Waals surface area contributed by atoms with E-state index < -0.39 is 0 Å². The predicted molar refractivity (Wildman–Crippen MR) is 82.1 cm³/mol. The molecule has 0 spiro atoms. The van der Waals surface area contributed by atoms with E-state index in [1.165, 1.54) is 0 Å². The predicted octanol–water partition coefficient (Wildman–Crippen LogP) is 3.60. The molecule has 3 nitrogen and oxygen atoms in total. The molecule has 0 unspecified atom stereocenters. The van der Waals surface area contributed by atoms with E-state index in [2.05, 4.69) is 4.98 Å². The molecule has 3 rings (SSSR count). The van der Waals surface area contributed by atoms with Gasteiger partial charge in [0.25, 0.3) is 0 Å². The van der Waals surface area contributed by atoms with Gasteiger partial charge in [-0.2, -0.15) is 0 Å². The minimum absolute atomic E-state index is 0.0183. The van der Waals surface area contributed by atoms with E-state index >= 15 is 0 Å². The summed E-state index contributed by atoms with van der Waals surface area (Å²) in [5.74, 6) is 0.0183. The van der Waals surface area contributed by atoms with Crippen molar-refractivity contribution in [3.63, 3.8) is 0 Å². The van der Waals surface area contributed by atoms with Gasteiger partial charge in [-0.25, -0.2) is 0 Å². The molecule has 3 heteroatoms. The molecule has 0 atom stereocenters. The van der Waals surface area contributed by atoms with Crippen LogP contribution in [0.2, 0.25) is 0 Å². The maximum absolute atomic E-state index is 12.8. The van der Waals surface area contributed by atoms with Crippen LogP contribution in [-0.4, -0.2) is 10.8 Å². The van der Waals surface area contributed by atoms with Gasteiger partial charge in [0.15, 0.2) is 5.78 Å². The van der Waals surface area contributed by atoms with E-state index in [1.807, 2.05) is 56.3 Å². The van der Waals surface area contributed by atoms with E-state index in [4.69, 9.17) is 5.73 Å². The third-order valence-electron chi connectivity index (χ3n) is 3.74. The molecule has 0 aliphatic carbocycles. The molecule has 20 heavy (non-hydrogen) atoms. The van der Waals surface area contributed by atoms with Crippen molar-refractivity contribution < 1.29 is 4.79 Å². The summed E-state index contributed by atoms with van der Waals surface area (Å²) in [5, 5.41) is 0.955. The van der Waals surface area contributed by atoms with E-state index in [9.17, 15) is 4.79 Å². The number of anilines is 1. The van der Waals surface area contributed by atoms with E-state index in [-0.39, 0.29) is 5.78 Å². The fraction of sp³-hybridized carbons (Fsp3) is 0.118. The smallest absolute Gasteiger partial charge is 0.195 e. The third kappa shape index (κ3) is 1.79. The molecule has 0 amide bonds. The van der Waals surface area contributed by atoms with Gasteiger partial charge in [-0.05, 0) is 31.5 Å². The SMILES string of the molecule is Cc1[nH]c2ccccc2c1C(=O)c1cccc(N)c1C. The largest absolute Gasteiger partial charge is 0.398 e. The highest BCUT2D eigenvalue weighted by molar-refractivity contribution is 6.18. The Bertz CT molecular complexity index is 815. The molecule has 0 aliphatic heterocycles. The molecule has 2 aromatic carbocycles. The van der Waals surface area contributed by atoms with Crippen LogP contribution < -0.4 is 5.73 Å². The number of carbonyl (C=O) groups excluding carboxylic acids is 1. The first kappa shape index (κ1) is 12.5. The van der Waals surface area contributed by atoms with Gasteiger partial charge in [-0.3, -0.25) is 4.79 Å². The number of aromatic amines is 1. The number of aromatic nitrogens is 1. The number of benzene rings is 2. The molecule has 3 aromatic rings. The Kier molecular flexibility index (Phi) is 2.83. The Morgan fingerprint density at radius 3 is 2.60 bits per heavy atom. The van der Waals surface area contributed by atoms with Crippen molar-refractivity contribution in [2.75, 3.05) is 5.73 Å². The van der Waals surface area contributed by atoms with Crippen molar-refractivity contribution in [1.82, 2.24) is 4.98 Å². The molecule has 0 bridgehead atoms. The number of ketones is 1. The Hall–Kier alpha value is -2.55. The molecule has 0 fully saturated rings. The summed E-state index contributed by atoms with van der Waals surface area (Å²) in [6.45, 7) is 3.81. The van der Waals surface area contributed by atoms with Gasteiger partial charge in [0, 0.05) is 27.8 Å². The number of nitrogen functional groups attached to an aromatic ring is 1. The third-order valence-corrected chi connectivity index (χ3v) is 3.74. The first-order valence-electron chi connectivity index (χ1n) is 6.56. The van der Waals surface area contributed by atoms with Gasteiger partial charge < -0.3 is 10.7 Å². The Morgan fingerprint density at radius 2 is 1.80 bits per heavy atom. The van der Waals surface area contributed by atoms with Crippen molar-refractivity contribution in [3.8, 4) is 0 Å². The zero-order chi connectivity index (χ0) is 14.3. The number of nitrogens with two attached hydrogens (primary N) is 1. The number of para-hydroxylation sites is 1. The van der Waals surface area contributed by atoms with Crippen LogP contribution in [0.5, 0.6) is 0 Å². The van der Waals surface area contributed by atoms with Crippen molar-refractivity contribution in [2.45, 2.75) is 13.8 Å². The minimum atomic E-state index is 0.0183. The quantitative estimate of drug-likeness (QED) is 0.549. The van der Waals surface area contributed by atoms with Crippen molar-refractivity contribution >= 4 is 22.4 Å². The second-order valence-corrected chi connectivity index (χ2v) is 5.02. The van der Waals surface area contributed by atoms with Crippen LogP contribution in [0.15, 0.2) is 42.5 Å². The molecule has 0 aliphatic rings. The number of rotatable bonds is 2. The summed E-state index contributed by atoms with van der Waals surface area (Å²) in [7, 11) is 0. The van der Waals surface area contributed by atoms with E-state index in [0.717, 1.165) is 27.7 Å². The molecular weight excluding hydrogens is 248 g/mol. The summed E-state index contributed by atoms with van der Waals surface area (Å²) in [5.41, 5.74) is 10.6. The highest BCUT2D eigenvalue weighted by atomic mass is 16.1. The first-order valence-corrected chi connectivity index (χ1v) is 6.56. The maximum atomic E-state index is 12.8. The molecule has 0 radical (unpaired) electrons. The second-order valence-electron chi connectivity index (χ2n) is 5.02. The first-order chi connectivity index (χ1) is 9.59. The van der Waals surface area contributed by atoms with E-state index in [0.29, 0.717) is 11.3 Å². The lowest BCUT2D eigenvalue weighted by Gasteiger charge is -2.07. The number of hydrogen-bond donors (Lipinski definition) is 2. The number of aryl methyl sites for hydroxylation is 1. The van der Waals surface area contributed by atoms with Gasteiger partial charge in [0.2, 0.25) is 0 Å². The molecule has 3 N–H and O–H groups in total. The Morgan fingerprint density at radius 1 is 1.05 bits per heavy atom. The summed E-state index contributed by atoms with van der Waals surface area (Å²) in [4.78, 5) is 16.1. The molecule has 1 aromatic heterocycles. The van der Waals surface area contributed by atoms with Crippen LogP contribution in [0, 0.1) is 13.8 Å². The molecule has 100 valence electrons. The van der Waals surface area contributed by atoms with Crippen molar-refractivity contribution in [2.24, 2.45) is 0 Å². The lowest BCUT2D eigenvalue weighted by molar-refractivity contribution is 0.103. The van der Waals surface area contributed by atoms with Gasteiger partial charge in [0.05, 0.1) is 5.56 Å². The van der Waals surface area contributed by atoms with Gasteiger partial charge in [-0.1, -0.05) is 30.3 Å². The highest BCUT2D eigenvalue weighted by Gasteiger charge is 2.19. The van der Waals surface area contributed by atoms with Crippen LogP contribution in [-0.2, 0) is 0 Å². The highest BCUT2D eigenvalue weighted by Crippen LogP contribution is 2.26. The maximum Gasteiger partial charge on any atom is 0.195 e. The summed E-state index contributed by atoms with van der Waals surface area (Å²) < 4.78 is 0. The zero-order valence-electron chi connectivity index (χ0n) is 11.5. The fourth-order valence-electron chi connectivity index (χ4n) is 2.60. The monoisotopic (exact) mass is 264 g/mol. The topological polar surface area (TPSA) is 58.9 Å². The van der Waals surface area contributed by atoms with Crippen molar-refractivity contribution in [3.05, 3.63) is 64.8 Å². The normalized spacial score (nSPS) is 10.9. The van der Waals surface area contributed by atoms with Crippen LogP contribution in [0.1, 0.15) is 27.2 Å². The van der Waals surface area contributed by atoms with Gasteiger partial charge in [-0.15, -0.1) is 0 Å². The Labute approximate surface area is 117 Å². The van der Waals surface area contributed by atoms with Gasteiger partial charge in [0.1, 0.15) is 0 Å². The Balaban J connectivity index is 2.23. The second kappa shape index (κ2) is 4.53. The average Bonchev–Trinajstić information content (AvgIpc) is 2.77. The van der Waals surface area contributed by atoms with Crippen LogP contribution in [0.4, 0.5) is 5.69 Å². The number of carbonyl (C=O) groups is 1. The molecule has 0 saturated heterocycles. The van der Waals surface area contributed by atoms with Crippen LogP contribution in [0.25, 0.3) is 10.9 Å². The van der Waals surface area contributed by atoms with Gasteiger partial charge >= 0.3 is 0 Å². The number of hydrogen-bond acceptors (Lipinski definition) is 2.